The molecule has 1 amide bonds. The Morgan fingerprint density at radius 3 is 2.77 bits per heavy atom. The Labute approximate surface area is 131 Å². The largest absolute Gasteiger partial charge is 0.392 e. The first-order chi connectivity index (χ1) is 10.8. The first-order valence-electron chi connectivity index (χ1n) is 8.54. The van der Waals surface area contributed by atoms with Crippen molar-refractivity contribution in [2.45, 2.75) is 44.8 Å². The van der Waals surface area contributed by atoms with E-state index in [1.54, 1.807) is 0 Å². The van der Waals surface area contributed by atoms with Gasteiger partial charge in [-0.05, 0) is 67.8 Å². The van der Waals surface area contributed by atoms with E-state index in [0.717, 1.165) is 36.9 Å². The van der Waals surface area contributed by atoms with Gasteiger partial charge in [-0.3, -0.25) is 4.79 Å². The summed E-state index contributed by atoms with van der Waals surface area (Å²) in [6, 6.07) is 4.29. The minimum absolute atomic E-state index is 0.0292. The van der Waals surface area contributed by atoms with Crippen LogP contribution in [0, 0.1) is 5.92 Å². The molecule has 3 fully saturated rings. The summed E-state index contributed by atoms with van der Waals surface area (Å²) in [7, 11) is 0. The fourth-order valence-electron chi connectivity index (χ4n) is 4.50. The molecule has 118 valence electrons. The van der Waals surface area contributed by atoms with Gasteiger partial charge in [-0.1, -0.05) is 12.1 Å². The quantitative estimate of drug-likeness (QED) is 0.889. The lowest BCUT2D eigenvalue weighted by Gasteiger charge is -2.45. The van der Waals surface area contributed by atoms with Crippen LogP contribution in [-0.4, -0.2) is 41.6 Å². The topological polar surface area (TPSA) is 52.6 Å². The summed E-state index contributed by atoms with van der Waals surface area (Å²) in [5.41, 5.74) is 4.00. The van der Waals surface area contributed by atoms with E-state index in [9.17, 15) is 9.90 Å². The molecule has 2 bridgehead atoms. The van der Waals surface area contributed by atoms with Gasteiger partial charge in [-0.25, -0.2) is 0 Å². The standard InChI is InChI=1S/C18H24N2O2/c21-11-14-5-4-12-2-1-3-15(12)17(14)18(22)19-16-10-20-8-6-13(16)7-9-20/h4-5,13,16,21H,1-3,6-11H2,(H,19,22)/t16-/m1/s1. The zero-order valence-corrected chi connectivity index (χ0v) is 13.0. The third-order valence-corrected chi connectivity index (χ3v) is 5.74. The number of rotatable bonds is 3. The number of nitrogens with zero attached hydrogens (tertiary/aromatic N) is 1. The van der Waals surface area contributed by atoms with Crippen molar-refractivity contribution < 1.29 is 9.90 Å². The van der Waals surface area contributed by atoms with Crippen LogP contribution in [0.4, 0.5) is 0 Å². The van der Waals surface area contributed by atoms with Crippen molar-refractivity contribution in [3.8, 4) is 0 Å². The van der Waals surface area contributed by atoms with E-state index in [2.05, 4.69) is 16.3 Å². The molecule has 0 aromatic heterocycles. The molecular formula is C18H24N2O2. The maximum absolute atomic E-state index is 12.9. The molecule has 4 aliphatic rings. The summed E-state index contributed by atoms with van der Waals surface area (Å²) < 4.78 is 0. The van der Waals surface area contributed by atoms with Crippen LogP contribution in [0.2, 0.25) is 0 Å². The van der Waals surface area contributed by atoms with Crippen LogP contribution in [0.1, 0.15) is 46.3 Å². The molecule has 1 atom stereocenters. The normalized spacial score (nSPS) is 29.4. The zero-order valence-electron chi connectivity index (χ0n) is 13.0. The van der Waals surface area contributed by atoms with Crippen molar-refractivity contribution >= 4 is 5.91 Å². The number of carbonyl (C=O) groups excluding carboxylic acids is 1. The number of nitrogens with one attached hydrogen (secondary N) is 1. The summed E-state index contributed by atoms with van der Waals surface area (Å²) in [5.74, 6) is 0.657. The Morgan fingerprint density at radius 2 is 2.09 bits per heavy atom. The van der Waals surface area contributed by atoms with Gasteiger partial charge in [0.25, 0.3) is 5.91 Å². The Hall–Kier alpha value is -1.39. The lowest BCUT2D eigenvalue weighted by Crippen LogP contribution is -2.57. The smallest absolute Gasteiger partial charge is 0.252 e. The van der Waals surface area contributed by atoms with Gasteiger partial charge in [0.2, 0.25) is 0 Å². The number of hydrogen-bond acceptors (Lipinski definition) is 3. The van der Waals surface area contributed by atoms with E-state index in [1.165, 1.54) is 37.1 Å². The van der Waals surface area contributed by atoms with Crippen molar-refractivity contribution in [2.75, 3.05) is 19.6 Å². The van der Waals surface area contributed by atoms with Gasteiger partial charge < -0.3 is 15.3 Å². The van der Waals surface area contributed by atoms with E-state index >= 15 is 0 Å². The lowest BCUT2D eigenvalue weighted by molar-refractivity contribution is 0.0618. The second-order valence-electron chi connectivity index (χ2n) is 6.97. The SMILES string of the molecule is O=C(N[C@@H]1CN2CCC1CC2)c1c(CO)ccc2c1CCC2. The van der Waals surface area contributed by atoms with E-state index in [1.807, 2.05) is 6.07 Å². The molecule has 5 rings (SSSR count). The molecule has 4 nitrogen and oxygen atoms in total. The number of hydrogen-bond donors (Lipinski definition) is 2. The molecule has 1 aromatic carbocycles. The molecule has 0 spiro atoms. The number of carbonyl (C=O) groups is 1. The van der Waals surface area contributed by atoms with E-state index < -0.39 is 0 Å². The van der Waals surface area contributed by atoms with Crippen LogP contribution < -0.4 is 5.32 Å². The van der Waals surface area contributed by atoms with Crippen LogP contribution in [0.5, 0.6) is 0 Å². The van der Waals surface area contributed by atoms with Crippen LogP contribution in [-0.2, 0) is 19.4 Å². The number of benzene rings is 1. The molecular weight excluding hydrogens is 276 g/mol. The van der Waals surface area contributed by atoms with Gasteiger partial charge >= 0.3 is 0 Å². The highest BCUT2D eigenvalue weighted by molar-refractivity contribution is 5.98. The Bertz CT molecular complexity index is 591. The molecule has 0 saturated carbocycles. The summed E-state index contributed by atoms with van der Waals surface area (Å²) in [4.78, 5) is 15.3. The maximum Gasteiger partial charge on any atom is 0.252 e. The predicted molar refractivity (Wildman–Crippen MR) is 84.8 cm³/mol. The fourth-order valence-corrected chi connectivity index (χ4v) is 4.50. The van der Waals surface area contributed by atoms with E-state index in [0.29, 0.717) is 5.92 Å². The Balaban J connectivity index is 1.59. The van der Waals surface area contributed by atoms with Crippen molar-refractivity contribution in [3.05, 3.63) is 34.4 Å². The minimum Gasteiger partial charge on any atom is -0.392 e. The monoisotopic (exact) mass is 300 g/mol. The summed E-state index contributed by atoms with van der Waals surface area (Å²) in [6.45, 7) is 3.29. The molecule has 0 unspecified atom stereocenters. The summed E-state index contributed by atoms with van der Waals surface area (Å²) in [5, 5.41) is 12.9. The van der Waals surface area contributed by atoms with Crippen molar-refractivity contribution in [3.63, 3.8) is 0 Å². The molecule has 3 aliphatic heterocycles. The average molecular weight is 300 g/mol. The van der Waals surface area contributed by atoms with Crippen LogP contribution in [0.15, 0.2) is 12.1 Å². The molecule has 3 saturated heterocycles. The third-order valence-electron chi connectivity index (χ3n) is 5.74. The van der Waals surface area contributed by atoms with Gasteiger partial charge in [-0.2, -0.15) is 0 Å². The van der Waals surface area contributed by atoms with Gasteiger partial charge in [0.15, 0.2) is 0 Å². The molecule has 0 radical (unpaired) electrons. The van der Waals surface area contributed by atoms with Gasteiger partial charge in [0.1, 0.15) is 0 Å². The Morgan fingerprint density at radius 1 is 1.27 bits per heavy atom. The first-order valence-corrected chi connectivity index (χ1v) is 8.54. The first kappa shape index (κ1) is 14.2. The molecule has 4 heteroatoms. The number of fused-ring (bicyclic) bond motifs is 4. The van der Waals surface area contributed by atoms with Crippen LogP contribution in [0.3, 0.4) is 0 Å². The van der Waals surface area contributed by atoms with Gasteiger partial charge in [-0.15, -0.1) is 0 Å². The Kier molecular flexibility index (Phi) is 3.66. The highest BCUT2D eigenvalue weighted by atomic mass is 16.3. The highest BCUT2D eigenvalue weighted by Crippen LogP contribution is 2.30. The second-order valence-corrected chi connectivity index (χ2v) is 6.97. The van der Waals surface area contributed by atoms with Gasteiger partial charge in [0, 0.05) is 18.2 Å². The second kappa shape index (κ2) is 5.67. The molecule has 22 heavy (non-hydrogen) atoms. The van der Waals surface area contributed by atoms with Crippen molar-refractivity contribution in [1.82, 2.24) is 10.2 Å². The third kappa shape index (κ3) is 2.34. The number of piperidine rings is 3. The number of aliphatic hydroxyl groups is 1. The summed E-state index contributed by atoms with van der Waals surface area (Å²) in [6.07, 6.45) is 5.53. The number of amides is 1. The molecule has 2 N–H and O–H groups in total. The molecule has 1 aromatic rings. The van der Waals surface area contributed by atoms with E-state index in [4.69, 9.17) is 0 Å². The van der Waals surface area contributed by atoms with Gasteiger partial charge in [0.05, 0.1) is 6.61 Å². The zero-order chi connectivity index (χ0) is 15.1. The average Bonchev–Trinajstić information content (AvgIpc) is 3.03. The molecule has 1 aliphatic carbocycles. The minimum atomic E-state index is -0.0593. The van der Waals surface area contributed by atoms with Crippen LogP contribution >= 0.6 is 0 Å². The number of aliphatic hydroxyl groups excluding tert-OH is 1. The van der Waals surface area contributed by atoms with Crippen molar-refractivity contribution in [2.24, 2.45) is 5.92 Å². The number of aryl methyl sites for hydroxylation is 1. The highest BCUT2D eigenvalue weighted by Gasteiger charge is 2.35. The fraction of sp³-hybridized carbons (Fsp3) is 0.611. The van der Waals surface area contributed by atoms with Crippen molar-refractivity contribution in [1.29, 1.82) is 0 Å². The predicted octanol–water partition coefficient (Wildman–Crippen LogP) is 1.49. The van der Waals surface area contributed by atoms with Crippen LogP contribution in [0.25, 0.3) is 0 Å². The molecule has 3 heterocycles. The maximum atomic E-state index is 12.9. The summed E-state index contributed by atoms with van der Waals surface area (Å²) >= 11 is 0. The lowest BCUT2D eigenvalue weighted by atomic mass is 9.83. The van der Waals surface area contributed by atoms with E-state index in [-0.39, 0.29) is 18.6 Å².